The van der Waals surface area contributed by atoms with Gasteiger partial charge in [-0.3, -0.25) is 10.1 Å². The standard InChI is InChI=1S/C14H15N5O4S/c1-24(22,23)17-6-2-5-16-14-7-10(9-15)12-8-11(19(20)21)3-4-13(12)18-14/h3-4,7-8,17H,2,5-6H2,1H3,(H,16,18). The van der Waals surface area contributed by atoms with Gasteiger partial charge in [0.15, 0.2) is 0 Å². The molecule has 0 spiro atoms. The number of anilines is 1. The average Bonchev–Trinajstić information content (AvgIpc) is 2.52. The van der Waals surface area contributed by atoms with Gasteiger partial charge in [0.25, 0.3) is 5.69 Å². The van der Waals surface area contributed by atoms with Crippen LogP contribution < -0.4 is 10.0 Å². The molecule has 1 aromatic heterocycles. The Bertz CT molecular complexity index is 921. The van der Waals surface area contributed by atoms with E-state index < -0.39 is 14.9 Å². The van der Waals surface area contributed by atoms with E-state index in [0.717, 1.165) is 6.26 Å². The molecule has 0 aliphatic heterocycles. The molecule has 1 heterocycles. The predicted octanol–water partition coefficient (Wildman–Crippen LogP) is 1.37. The molecule has 2 rings (SSSR count). The Labute approximate surface area is 138 Å². The van der Waals surface area contributed by atoms with Crippen LogP contribution >= 0.6 is 0 Å². The van der Waals surface area contributed by atoms with Gasteiger partial charge in [-0.15, -0.1) is 0 Å². The topological polar surface area (TPSA) is 138 Å². The maximum Gasteiger partial charge on any atom is 0.270 e. The molecule has 2 N–H and O–H groups in total. The number of nitrogens with one attached hydrogen (secondary N) is 2. The third-order valence-corrected chi connectivity index (χ3v) is 3.88. The second kappa shape index (κ2) is 7.20. The Balaban J connectivity index is 2.13. The lowest BCUT2D eigenvalue weighted by Gasteiger charge is -2.08. The predicted molar refractivity (Wildman–Crippen MR) is 89.1 cm³/mol. The van der Waals surface area contributed by atoms with Gasteiger partial charge >= 0.3 is 0 Å². The third kappa shape index (κ3) is 4.61. The lowest BCUT2D eigenvalue weighted by atomic mass is 10.1. The number of nitro groups is 1. The molecule has 0 atom stereocenters. The van der Waals surface area contributed by atoms with Crippen LogP contribution in [0.25, 0.3) is 10.9 Å². The van der Waals surface area contributed by atoms with Gasteiger partial charge in [0.1, 0.15) is 5.82 Å². The smallest absolute Gasteiger partial charge is 0.270 e. The van der Waals surface area contributed by atoms with Crippen molar-refractivity contribution in [2.45, 2.75) is 6.42 Å². The summed E-state index contributed by atoms with van der Waals surface area (Å²) in [5.41, 5.74) is 0.644. The van der Waals surface area contributed by atoms with Crippen molar-refractivity contribution in [3.05, 3.63) is 39.9 Å². The van der Waals surface area contributed by atoms with Crippen LogP contribution in [0.5, 0.6) is 0 Å². The van der Waals surface area contributed by atoms with Crippen LogP contribution in [0.15, 0.2) is 24.3 Å². The first-order chi connectivity index (χ1) is 11.3. The van der Waals surface area contributed by atoms with Crippen LogP contribution in [0.1, 0.15) is 12.0 Å². The zero-order chi connectivity index (χ0) is 17.7. The van der Waals surface area contributed by atoms with Crippen molar-refractivity contribution in [1.29, 1.82) is 5.26 Å². The van der Waals surface area contributed by atoms with Crippen molar-refractivity contribution in [3.63, 3.8) is 0 Å². The molecule has 24 heavy (non-hydrogen) atoms. The molecule has 0 bridgehead atoms. The number of nitro benzene ring substituents is 1. The molecular weight excluding hydrogens is 334 g/mol. The number of aromatic nitrogens is 1. The molecular formula is C14H15N5O4S. The van der Waals surface area contributed by atoms with Gasteiger partial charge in [-0.2, -0.15) is 5.26 Å². The van der Waals surface area contributed by atoms with Gasteiger partial charge in [-0.25, -0.2) is 18.1 Å². The lowest BCUT2D eigenvalue weighted by molar-refractivity contribution is -0.384. The summed E-state index contributed by atoms with van der Waals surface area (Å²) >= 11 is 0. The number of non-ortho nitro benzene ring substituents is 1. The Morgan fingerprint density at radius 3 is 2.71 bits per heavy atom. The van der Waals surface area contributed by atoms with Gasteiger partial charge in [0, 0.05) is 30.6 Å². The highest BCUT2D eigenvalue weighted by atomic mass is 32.2. The Hall–Kier alpha value is -2.77. The van der Waals surface area contributed by atoms with Crippen molar-refractivity contribution in [2.24, 2.45) is 0 Å². The number of hydrogen-bond acceptors (Lipinski definition) is 7. The summed E-state index contributed by atoms with van der Waals surface area (Å²) in [7, 11) is -3.21. The molecule has 0 saturated heterocycles. The van der Waals surface area contributed by atoms with E-state index in [4.69, 9.17) is 0 Å². The van der Waals surface area contributed by atoms with E-state index in [1.807, 2.05) is 6.07 Å². The summed E-state index contributed by atoms with van der Waals surface area (Å²) in [6.45, 7) is 0.746. The molecule has 0 unspecified atom stereocenters. The van der Waals surface area contributed by atoms with Gasteiger partial charge in [0.2, 0.25) is 10.0 Å². The normalized spacial score (nSPS) is 11.2. The fourth-order valence-corrected chi connectivity index (χ4v) is 2.59. The number of pyridine rings is 1. The number of rotatable bonds is 7. The van der Waals surface area contributed by atoms with Gasteiger partial charge in [0.05, 0.1) is 28.3 Å². The summed E-state index contributed by atoms with van der Waals surface area (Å²) in [6.07, 6.45) is 1.62. The maximum absolute atomic E-state index is 10.9. The number of sulfonamides is 1. The van der Waals surface area contributed by atoms with Crippen LogP contribution in [-0.4, -0.2) is 37.7 Å². The molecule has 0 saturated carbocycles. The molecule has 1 aromatic carbocycles. The molecule has 0 aliphatic carbocycles. The second-order valence-corrected chi connectivity index (χ2v) is 6.91. The van der Waals surface area contributed by atoms with E-state index in [2.05, 4.69) is 15.0 Å². The first-order valence-corrected chi connectivity index (χ1v) is 8.87. The first-order valence-electron chi connectivity index (χ1n) is 6.98. The monoisotopic (exact) mass is 349 g/mol. The highest BCUT2D eigenvalue weighted by molar-refractivity contribution is 7.88. The van der Waals surface area contributed by atoms with E-state index >= 15 is 0 Å². The molecule has 0 fully saturated rings. The number of nitrogens with zero attached hydrogens (tertiary/aromatic N) is 3. The fraction of sp³-hybridized carbons (Fsp3) is 0.286. The lowest BCUT2D eigenvalue weighted by Crippen LogP contribution is -2.24. The van der Waals surface area contributed by atoms with Crippen LogP contribution in [-0.2, 0) is 10.0 Å². The van der Waals surface area contributed by atoms with Gasteiger partial charge in [-0.05, 0) is 18.6 Å². The largest absolute Gasteiger partial charge is 0.370 e. The van der Waals surface area contributed by atoms with Crippen LogP contribution in [0.4, 0.5) is 11.5 Å². The molecule has 10 heteroatoms. The first kappa shape index (κ1) is 17.6. The Morgan fingerprint density at radius 2 is 2.08 bits per heavy atom. The molecule has 126 valence electrons. The third-order valence-electron chi connectivity index (χ3n) is 3.15. The molecule has 0 radical (unpaired) electrons. The zero-order valence-electron chi connectivity index (χ0n) is 12.8. The minimum Gasteiger partial charge on any atom is -0.370 e. The van der Waals surface area contributed by atoms with Crippen molar-refractivity contribution in [1.82, 2.24) is 9.71 Å². The van der Waals surface area contributed by atoms with Crippen LogP contribution in [0, 0.1) is 21.4 Å². The quantitative estimate of drug-likeness (QED) is 0.437. The fourth-order valence-electron chi connectivity index (χ4n) is 2.07. The molecule has 0 amide bonds. The van der Waals surface area contributed by atoms with Gasteiger partial charge < -0.3 is 5.32 Å². The van der Waals surface area contributed by atoms with Gasteiger partial charge in [-0.1, -0.05) is 0 Å². The zero-order valence-corrected chi connectivity index (χ0v) is 13.6. The van der Waals surface area contributed by atoms with Crippen LogP contribution in [0.2, 0.25) is 0 Å². The van der Waals surface area contributed by atoms with Crippen molar-refractivity contribution in [3.8, 4) is 6.07 Å². The Morgan fingerprint density at radius 1 is 1.33 bits per heavy atom. The average molecular weight is 349 g/mol. The number of benzene rings is 1. The van der Waals surface area contributed by atoms with Crippen LogP contribution in [0.3, 0.4) is 0 Å². The minimum absolute atomic E-state index is 0.103. The summed E-state index contributed by atoms with van der Waals surface area (Å²) in [5.74, 6) is 0.451. The Kier molecular flexibility index (Phi) is 5.28. The number of nitriles is 1. The van der Waals surface area contributed by atoms with Crippen molar-refractivity contribution < 1.29 is 13.3 Å². The molecule has 0 aliphatic rings. The van der Waals surface area contributed by atoms with E-state index in [0.29, 0.717) is 29.7 Å². The summed E-state index contributed by atoms with van der Waals surface area (Å²) < 4.78 is 24.3. The molecule has 9 nitrogen and oxygen atoms in total. The maximum atomic E-state index is 10.9. The highest BCUT2D eigenvalue weighted by Crippen LogP contribution is 2.24. The van der Waals surface area contributed by atoms with E-state index in [1.54, 1.807) is 0 Å². The number of hydrogen-bond donors (Lipinski definition) is 2. The summed E-state index contributed by atoms with van der Waals surface area (Å²) in [6, 6.07) is 7.65. The second-order valence-electron chi connectivity index (χ2n) is 5.07. The number of fused-ring (bicyclic) bond motifs is 1. The molecule has 2 aromatic rings. The SMILES string of the molecule is CS(=O)(=O)NCCCNc1cc(C#N)c2cc([N+](=O)[O-])ccc2n1. The summed E-state index contributed by atoms with van der Waals surface area (Å²) in [5, 5.41) is 23.5. The van der Waals surface area contributed by atoms with E-state index in [-0.39, 0.29) is 17.8 Å². The highest BCUT2D eigenvalue weighted by Gasteiger charge is 2.11. The van der Waals surface area contributed by atoms with E-state index in [1.165, 1.54) is 24.3 Å². The summed E-state index contributed by atoms with van der Waals surface area (Å²) in [4.78, 5) is 14.6. The van der Waals surface area contributed by atoms with E-state index in [9.17, 15) is 23.8 Å². The minimum atomic E-state index is -3.21. The van der Waals surface area contributed by atoms with Crippen molar-refractivity contribution >= 4 is 32.4 Å². The van der Waals surface area contributed by atoms with Crippen molar-refractivity contribution in [2.75, 3.05) is 24.7 Å².